The molecule has 0 saturated carbocycles. The third-order valence-corrected chi connectivity index (χ3v) is 1.73. The van der Waals surface area contributed by atoms with Gasteiger partial charge in [0, 0.05) is 5.71 Å². The van der Waals surface area contributed by atoms with E-state index in [2.05, 4.69) is 20.3 Å². The van der Waals surface area contributed by atoms with E-state index in [0.29, 0.717) is 18.1 Å². The largest absolute Gasteiger partial charge is 0.369 e. The molecule has 76 valence electrons. The first-order valence-electron chi connectivity index (χ1n) is 3.84. The zero-order valence-electron chi connectivity index (χ0n) is 7.50. The molecule has 1 aliphatic heterocycles. The highest BCUT2D eigenvalue weighted by Crippen LogP contribution is 2.20. The van der Waals surface area contributed by atoms with Crippen LogP contribution in [0.25, 0.3) is 0 Å². The van der Waals surface area contributed by atoms with Crippen molar-refractivity contribution in [3.05, 3.63) is 10.4 Å². The van der Waals surface area contributed by atoms with Crippen LogP contribution in [-0.2, 0) is 0 Å². The molecule has 7 heteroatoms. The summed E-state index contributed by atoms with van der Waals surface area (Å²) in [7, 11) is 0. The number of halogens is 1. The van der Waals surface area contributed by atoms with Gasteiger partial charge in [-0.3, -0.25) is 9.78 Å². The Morgan fingerprint density at radius 2 is 2.21 bits per heavy atom. The van der Waals surface area contributed by atoms with Gasteiger partial charge in [0.25, 0.3) is 5.56 Å². The SMILES string of the molecule is CC1=Nc2c(nc(N)[nH]c2=O)NC1.Cl. The molecule has 0 radical (unpaired) electrons. The number of hydrogen-bond acceptors (Lipinski definition) is 5. The predicted octanol–water partition coefficient (Wildman–Crippen LogP) is 0.292. The van der Waals surface area contributed by atoms with Crippen LogP contribution in [0.3, 0.4) is 0 Å². The average molecular weight is 216 g/mol. The molecule has 1 aliphatic rings. The van der Waals surface area contributed by atoms with Crippen LogP contribution in [0, 0.1) is 0 Å². The molecule has 0 saturated heterocycles. The van der Waals surface area contributed by atoms with Gasteiger partial charge in [-0.05, 0) is 6.92 Å². The summed E-state index contributed by atoms with van der Waals surface area (Å²) in [5.74, 6) is 0.554. The molecule has 14 heavy (non-hydrogen) atoms. The zero-order chi connectivity index (χ0) is 9.42. The van der Waals surface area contributed by atoms with Gasteiger partial charge in [-0.25, -0.2) is 4.99 Å². The van der Waals surface area contributed by atoms with Gasteiger partial charge in [-0.2, -0.15) is 4.98 Å². The highest BCUT2D eigenvalue weighted by atomic mass is 35.5. The lowest BCUT2D eigenvalue weighted by Crippen LogP contribution is -2.22. The summed E-state index contributed by atoms with van der Waals surface area (Å²) in [6.07, 6.45) is 0. The van der Waals surface area contributed by atoms with Crippen LogP contribution in [0.1, 0.15) is 6.92 Å². The summed E-state index contributed by atoms with van der Waals surface area (Å²) in [6.45, 7) is 2.44. The fourth-order valence-electron chi connectivity index (χ4n) is 1.15. The van der Waals surface area contributed by atoms with Crippen molar-refractivity contribution in [1.82, 2.24) is 9.97 Å². The average Bonchev–Trinajstić information content (AvgIpc) is 2.06. The zero-order valence-corrected chi connectivity index (χ0v) is 8.31. The number of fused-ring (bicyclic) bond motifs is 1. The number of rotatable bonds is 0. The molecule has 6 nitrogen and oxygen atoms in total. The molecule has 0 aliphatic carbocycles. The third kappa shape index (κ3) is 1.69. The monoisotopic (exact) mass is 215 g/mol. The fourth-order valence-corrected chi connectivity index (χ4v) is 1.15. The molecular formula is C7H10ClN5O. The van der Waals surface area contributed by atoms with E-state index in [4.69, 9.17) is 5.73 Å². The maximum absolute atomic E-state index is 11.3. The highest BCUT2D eigenvalue weighted by Gasteiger charge is 2.13. The minimum absolute atomic E-state index is 0. The van der Waals surface area contributed by atoms with Crippen LogP contribution < -0.4 is 16.6 Å². The summed E-state index contributed by atoms with van der Waals surface area (Å²) >= 11 is 0. The number of nitrogen functional groups attached to an aromatic ring is 1. The van der Waals surface area contributed by atoms with E-state index in [-0.39, 0.29) is 23.9 Å². The topological polar surface area (TPSA) is 96.2 Å². The molecule has 2 rings (SSSR count). The van der Waals surface area contributed by atoms with E-state index >= 15 is 0 Å². The molecule has 0 unspecified atom stereocenters. The van der Waals surface area contributed by atoms with Crippen molar-refractivity contribution in [2.45, 2.75) is 6.92 Å². The Morgan fingerprint density at radius 3 is 2.93 bits per heavy atom. The second kappa shape index (κ2) is 3.67. The number of aliphatic imine (C=N–C) groups is 1. The Hall–Kier alpha value is -1.56. The standard InChI is InChI=1S/C7H9N5O.ClH/c1-3-2-9-5-4(10-3)6(13)12-7(8)11-5;/h2H2,1H3,(H4,8,9,11,12,13);1H. The first-order chi connectivity index (χ1) is 6.16. The molecular weight excluding hydrogens is 206 g/mol. The first-order valence-corrected chi connectivity index (χ1v) is 3.84. The Labute approximate surface area is 86.1 Å². The second-order valence-electron chi connectivity index (χ2n) is 2.85. The number of nitrogens with zero attached hydrogens (tertiary/aromatic N) is 2. The lowest BCUT2D eigenvalue weighted by molar-refractivity contribution is 1.09. The summed E-state index contributed by atoms with van der Waals surface area (Å²) in [4.78, 5) is 21.7. The highest BCUT2D eigenvalue weighted by molar-refractivity contribution is 5.92. The lowest BCUT2D eigenvalue weighted by atomic mass is 10.3. The van der Waals surface area contributed by atoms with Crippen molar-refractivity contribution in [3.8, 4) is 0 Å². The smallest absolute Gasteiger partial charge is 0.280 e. The number of nitrogens with one attached hydrogen (secondary N) is 2. The van der Waals surface area contributed by atoms with E-state index in [1.54, 1.807) is 0 Å². The predicted molar refractivity (Wildman–Crippen MR) is 57.8 cm³/mol. The second-order valence-corrected chi connectivity index (χ2v) is 2.85. The van der Waals surface area contributed by atoms with Crippen molar-refractivity contribution in [1.29, 1.82) is 0 Å². The lowest BCUT2D eigenvalue weighted by Gasteiger charge is -2.13. The number of aromatic nitrogens is 2. The van der Waals surface area contributed by atoms with Gasteiger partial charge < -0.3 is 11.1 Å². The van der Waals surface area contributed by atoms with E-state index in [0.717, 1.165) is 5.71 Å². The molecule has 0 fully saturated rings. The number of nitrogens with two attached hydrogens (primary N) is 1. The van der Waals surface area contributed by atoms with Crippen LogP contribution in [0.15, 0.2) is 9.79 Å². The summed E-state index contributed by atoms with van der Waals surface area (Å²) < 4.78 is 0. The van der Waals surface area contributed by atoms with Gasteiger partial charge in [0.2, 0.25) is 5.95 Å². The number of H-pyrrole nitrogens is 1. The van der Waals surface area contributed by atoms with Gasteiger partial charge in [0.1, 0.15) is 0 Å². The minimum atomic E-state index is -0.311. The summed E-state index contributed by atoms with van der Waals surface area (Å²) in [6, 6.07) is 0. The molecule has 4 N–H and O–H groups in total. The maximum Gasteiger partial charge on any atom is 0.280 e. The van der Waals surface area contributed by atoms with E-state index in [1.165, 1.54) is 0 Å². The van der Waals surface area contributed by atoms with Crippen molar-refractivity contribution >= 4 is 35.6 Å². The molecule has 0 amide bonds. The molecule has 0 bridgehead atoms. The first kappa shape index (κ1) is 10.5. The molecule has 0 aromatic carbocycles. The molecule has 2 heterocycles. The van der Waals surface area contributed by atoms with Crippen LogP contribution in [0.5, 0.6) is 0 Å². The van der Waals surface area contributed by atoms with E-state index < -0.39 is 0 Å². The minimum Gasteiger partial charge on any atom is -0.369 e. The fraction of sp³-hybridized carbons (Fsp3) is 0.286. The summed E-state index contributed by atoms with van der Waals surface area (Å²) in [5.41, 5.74) is 6.21. The molecule has 1 aromatic rings. The Bertz CT molecular complexity index is 438. The Morgan fingerprint density at radius 1 is 1.50 bits per heavy atom. The number of anilines is 2. The van der Waals surface area contributed by atoms with Crippen LogP contribution in [-0.4, -0.2) is 22.2 Å². The summed E-state index contributed by atoms with van der Waals surface area (Å²) in [5, 5.41) is 2.95. The van der Waals surface area contributed by atoms with Crippen molar-refractivity contribution in [2.24, 2.45) is 4.99 Å². The Balaban J connectivity index is 0.000000980. The maximum atomic E-state index is 11.3. The van der Waals surface area contributed by atoms with Gasteiger partial charge in [-0.1, -0.05) is 0 Å². The number of hydrogen-bond donors (Lipinski definition) is 3. The molecule has 0 spiro atoms. The van der Waals surface area contributed by atoms with Crippen molar-refractivity contribution in [2.75, 3.05) is 17.6 Å². The van der Waals surface area contributed by atoms with E-state index in [1.807, 2.05) is 6.92 Å². The van der Waals surface area contributed by atoms with Gasteiger partial charge >= 0.3 is 0 Å². The van der Waals surface area contributed by atoms with Crippen LogP contribution in [0.4, 0.5) is 17.5 Å². The number of aromatic amines is 1. The normalized spacial score (nSPS) is 13.4. The van der Waals surface area contributed by atoms with E-state index in [9.17, 15) is 4.79 Å². The third-order valence-electron chi connectivity index (χ3n) is 1.73. The van der Waals surface area contributed by atoms with Gasteiger partial charge in [0.15, 0.2) is 11.5 Å². The van der Waals surface area contributed by atoms with Crippen LogP contribution in [0.2, 0.25) is 0 Å². The van der Waals surface area contributed by atoms with Crippen molar-refractivity contribution in [3.63, 3.8) is 0 Å². The quantitative estimate of drug-likeness (QED) is 0.580. The Kier molecular flexibility index (Phi) is 2.76. The van der Waals surface area contributed by atoms with Crippen LogP contribution >= 0.6 is 12.4 Å². The van der Waals surface area contributed by atoms with Crippen molar-refractivity contribution < 1.29 is 0 Å². The molecule has 0 atom stereocenters. The molecule has 1 aromatic heterocycles. The van der Waals surface area contributed by atoms with Gasteiger partial charge in [0.05, 0.1) is 6.54 Å². The van der Waals surface area contributed by atoms with Gasteiger partial charge in [-0.15, -0.1) is 12.4 Å².